The Kier molecular flexibility index (Phi) is 15.8. The van der Waals surface area contributed by atoms with Crippen molar-refractivity contribution in [1.82, 2.24) is 0 Å². The molecule has 3 heteroatoms. The topological polar surface area (TPSA) is 18.5 Å². The molecule has 0 fully saturated rings. The van der Waals surface area contributed by atoms with Gasteiger partial charge in [-0.25, -0.2) is 0 Å². The van der Waals surface area contributed by atoms with Crippen LogP contribution in [0.5, 0.6) is 0 Å². The highest BCUT2D eigenvalue weighted by Crippen LogP contribution is 1.99. The van der Waals surface area contributed by atoms with Crippen molar-refractivity contribution in [1.29, 1.82) is 0 Å². The van der Waals surface area contributed by atoms with Crippen LogP contribution in [0, 0.1) is 0 Å². The largest absolute Gasteiger partial charge is 0.355 e. The molecule has 0 atom stereocenters. The predicted molar refractivity (Wildman–Crippen MR) is 78.2 cm³/mol. The Morgan fingerprint density at radius 3 is 2.44 bits per heavy atom. The van der Waals surface area contributed by atoms with E-state index in [1.54, 1.807) is 0 Å². The molecule has 0 aliphatic carbocycles. The third kappa shape index (κ3) is 14.4. The van der Waals surface area contributed by atoms with Crippen molar-refractivity contribution in [3.05, 3.63) is 12.2 Å². The second kappa shape index (κ2) is 15.4. The predicted octanol–water partition coefficient (Wildman–Crippen LogP) is 4.33. The van der Waals surface area contributed by atoms with E-state index in [2.05, 4.69) is 41.7 Å². The van der Waals surface area contributed by atoms with E-state index in [0.717, 1.165) is 32.5 Å². The van der Waals surface area contributed by atoms with E-state index in [4.69, 9.17) is 9.47 Å². The zero-order valence-corrected chi connectivity index (χ0v) is 12.6. The highest BCUT2D eigenvalue weighted by Gasteiger charge is 1.89. The van der Waals surface area contributed by atoms with Crippen LogP contribution in [0.4, 0.5) is 0 Å². The maximum Gasteiger partial charge on any atom is 0.146 e. The smallest absolute Gasteiger partial charge is 0.146 e. The summed E-state index contributed by atoms with van der Waals surface area (Å²) in [6.07, 6.45) is 11.6. The number of rotatable bonds is 12. The van der Waals surface area contributed by atoms with Crippen LogP contribution >= 0.6 is 22.6 Å². The van der Waals surface area contributed by atoms with E-state index in [1.807, 2.05) is 0 Å². The molecule has 0 rings (SSSR count). The minimum Gasteiger partial charge on any atom is -0.355 e. The van der Waals surface area contributed by atoms with Gasteiger partial charge in [-0.05, 0) is 19.3 Å². The lowest BCUT2D eigenvalue weighted by Gasteiger charge is -2.04. The lowest BCUT2D eigenvalue weighted by atomic mass is 10.2. The molecule has 0 aromatic heterocycles. The van der Waals surface area contributed by atoms with E-state index < -0.39 is 0 Å². The first-order chi connectivity index (χ1) is 7.91. The van der Waals surface area contributed by atoms with Crippen LogP contribution in [-0.2, 0) is 9.47 Å². The van der Waals surface area contributed by atoms with Gasteiger partial charge in [-0.3, -0.25) is 0 Å². The molecular formula is C13H25IO2. The Bertz CT molecular complexity index is 149. The molecule has 0 unspecified atom stereocenters. The molecule has 16 heavy (non-hydrogen) atoms. The Labute approximate surface area is 114 Å². The average molecular weight is 340 g/mol. The number of alkyl halides is 1. The second-order valence-electron chi connectivity index (χ2n) is 3.73. The minimum absolute atomic E-state index is 0.451. The lowest BCUT2D eigenvalue weighted by molar-refractivity contribution is -0.0531. The summed E-state index contributed by atoms with van der Waals surface area (Å²) in [7, 11) is 0. The van der Waals surface area contributed by atoms with E-state index >= 15 is 0 Å². The van der Waals surface area contributed by atoms with Gasteiger partial charge in [0.2, 0.25) is 0 Å². The summed E-state index contributed by atoms with van der Waals surface area (Å²) in [6, 6.07) is 0. The van der Waals surface area contributed by atoms with Gasteiger partial charge < -0.3 is 9.47 Å². The van der Waals surface area contributed by atoms with E-state index in [1.165, 1.54) is 23.7 Å². The summed E-state index contributed by atoms with van der Waals surface area (Å²) in [5.41, 5.74) is 0. The molecule has 0 aromatic rings. The first-order valence-electron chi connectivity index (χ1n) is 6.28. The van der Waals surface area contributed by atoms with Gasteiger partial charge in [0.25, 0.3) is 0 Å². The third-order valence-electron chi connectivity index (χ3n) is 2.18. The van der Waals surface area contributed by atoms with Gasteiger partial charge in [-0.1, -0.05) is 60.9 Å². The van der Waals surface area contributed by atoms with Crippen LogP contribution in [0.1, 0.15) is 45.4 Å². The maximum atomic E-state index is 5.36. The molecule has 96 valence electrons. The van der Waals surface area contributed by atoms with Gasteiger partial charge in [0, 0.05) is 11.0 Å². The lowest BCUT2D eigenvalue weighted by Crippen LogP contribution is -2.02. The van der Waals surface area contributed by atoms with Gasteiger partial charge >= 0.3 is 0 Å². The van der Waals surface area contributed by atoms with Gasteiger partial charge in [0.15, 0.2) is 0 Å². The van der Waals surface area contributed by atoms with Crippen molar-refractivity contribution in [2.75, 3.05) is 24.4 Å². The Balaban J connectivity index is 2.93. The molecule has 0 spiro atoms. The third-order valence-corrected chi connectivity index (χ3v) is 2.80. The molecule has 0 amide bonds. The molecule has 2 nitrogen and oxygen atoms in total. The fourth-order valence-electron chi connectivity index (χ4n) is 1.26. The van der Waals surface area contributed by atoms with E-state index in [0.29, 0.717) is 6.79 Å². The molecule has 0 aliphatic rings. The zero-order valence-electron chi connectivity index (χ0n) is 10.4. The average Bonchev–Trinajstić information content (AvgIpc) is 2.31. The van der Waals surface area contributed by atoms with Crippen molar-refractivity contribution in [3.8, 4) is 0 Å². The summed E-state index contributed by atoms with van der Waals surface area (Å²) in [6.45, 7) is 4.28. The van der Waals surface area contributed by atoms with Crippen molar-refractivity contribution in [3.63, 3.8) is 0 Å². The Hall–Kier alpha value is 0.390. The molecule has 0 bridgehead atoms. The van der Waals surface area contributed by atoms with E-state index in [-0.39, 0.29) is 0 Å². The highest BCUT2D eigenvalue weighted by atomic mass is 127. The number of halogens is 1. The summed E-state index contributed by atoms with van der Waals surface area (Å²) < 4.78 is 11.9. The van der Waals surface area contributed by atoms with Crippen LogP contribution in [0.25, 0.3) is 0 Å². The first kappa shape index (κ1) is 16.4. The summed E-state index contributed by atoms with van der Waals surface area (Å²) in [4.78, 5) is 0. The highest BCUT2D eigenvalue weighted by molar-refractivity contribution is 14.1. The van der Waals surface area contributed by atoms with E-state index in [9.17, 15) is 0 Å². The molecule has 0 saturated heterocycles. The quantitative estimate of drug-likeness (QED) is 0.173. The van der Waals surface area contributed by atoms with Crippen LogP contribution in [0.15, 0.2) is 12.2 Å². The monoisotopic (exact) mass is 340 g/mol. The number of unbranched alkanes of at least 4 members (excludes halogenated alkanes) is 3. The molecule has 0 saturated carbocycles. The van der Waals surface area contributed by atoms with Crippen LogP contribution in [0.2, 0.25) is 0 Å². The molecular weight excluding hydrogens is 315 g/mol. The van der Waals surface area contributed by atoms with Crippen molar-refractivity contribution < 1.29 is 9.47 Å². The van der Waals surface area contributed by atoms with Crippen LogP contribution in [0.3, 0.4) is 0 Å². The van der Waals surface area contributed by atoms with Gasteiger partial charge in [0.1, 0.15) is 6.79 Å². The summed E-state index contributed by atoms with van der Waals surface area (Å²) in [5, 5.41) is 0. The standard InChI is InChI=1S/C13H25IO2/c1-2-3-4-8-11-15-13-16-12-9-6-5-7-10-14/h5-6H,2-4,7-13H2,1H3. The van der Waals surface area contributed by atoms with Gasteiger partial charge in [0.05, 0.1) is 6.61 Å². The maximum absolute atomic E-state index is 5.36. The first-order valence-corrected chi connectivity index (χ1v) is 7.80. The molecule has 0 aliphatic heterocycles. The fourth-order valence-corrected chi connectivity index (χ4v) is 1.62. The molecule has 0 radical (unpaired) electrons. The van der Waals surface area contributed by atoms with Crippen LogP contribution in [-0.4, -0.2) is 24.4 Å². The van der Waals surface area contributed by atoms with Crippen LogP contribution < -0.4 is 0 Å². The van der Waals surface area contributed by atoms with Crippen molar-refractivity contribution in [2.24, 2.45) is 0 Å². The van der Waals surface area contributed by atoms with Crippen molar-refractivity contribution >= 4 is 22.6 Å². The zero-order chi connectivity index (χ0) is 11.9. The SMILES string of the molecule is CCCCCCOCOCCC=CCCI. The van der Waals surface area contributed by atoms with Crippen molar-refractivity contribution in [2.45, 2.75) is 45.4 Å². The summed E-state index contributed by atoms with van der Waals surface area (Å²) >= 11 is 2.38. The summed E-state index contributed by atoms with van der Waals surface area (Å²) in [5.74, 6) is 0. The number of allylic oxidation sites excluding steroid dienone is 1. The Morgan fingerprint density at radius 1 is 0.938 bits per heavy atom. The Morgan fingerprint density at radius 2 is 1.69 bits per heavy atom. The molecule has 0 N–H and O–H groups in total. The number of hydrogen-bond acceptors (Lipinski definition) is 2. The molecule has 0 aromatic carbocycles. The second-order valence-corrected chi connectivity index (χ2v) is 4.81. The minimum atomic E-state index is 0.451. The molecule has 0 heterocycles. The van der Waals surface area contributed by atoms with Gasteiger partial charge in [-0.2, -0.15) is 0 Å². The number of ether oxygens (including phenoxy) is 2. The number of hydrogen-bond donors (Lipinski definition) is 0. The van der Waals surface area contributed by atoms with Gasteiger partial charge in [-0.15, -0.1) is 0 Å². The fraction of sp³-hybridized carbons (Fsp3) is 0.846. The normalized spacial score (nSPS) is 11.4.